The van der Waals surface area contributed by atoms with Crippen LogP contribution in [0.25, 0.3) is 0 Å². The molecule has 0 saturated heterocycles. The molecule has 2 heteroatoms. The lowest BCUT2D eigenvalue weighted by atomic mass is 10.3. The van der Waals surface area contributed by atoms with Crippen molar-refractivity contribution in [3.05, 3.63) is 24.2 Å². The fraction of sp³-hybridized carbons (Fsp3) is 0.143. The van der Waals surface area contributed by atoms with Crippen LogP contribution in [0.1, 0.15) is 1.37 Å². The van der Waals surface area contributed by atoms with Crippen LogP contribution < -0.4 is 10.5 Å². The van der Waals surface area contributed by atoms with Crippen molar-refractivity contribution in [3.63, 3.8) is 0 Å². The third-order valence-corrected chi connectivity index (χ3v) is 1.02. The van der Waals surface area contributed by atoms with Crippen molar-refractivity contribution < 1.29 is 6.11 Å². The van der Waals surface area contributed by atoms with Gasteiger partial charge in [-0.1, -0.05) is 6.07 Å². The summed E-state index contributed by atoms with van der Waals surface area (Å²) >= 11 is 0. The van der Waals surface area contributed by atoms with Crippen LogP contribution >= 0.6 is 0 Å². The Morgan fingerprint density at radius 2 is 2.56 bits per heavy atom. The van der Waals surface area contributed by atoms with Gasteiger partial charge in [-0.05, 0) is 12.1 Å². The minimum atomic E-state index is 0.358. The molecular weight excluding hydrogens is 114 g/mol. The van der Waals surface area contributed by atoms with Crippen molar-refractivity contribution in [2.45, 2.75) is 0 Å². The van der Waals surface area contributed by atoms with Gasteiger partial charge in [0.2, 0.25) is 0 Å². The molecule has 48 valence electrons. The lowest BCUT2D eigenvalue weighted by molar-refractivity contribution is 0.415. The van der Waals surface area contributed by atoms with Crippen LogP contribution in [0, 0.1) is 0 Å². The molecule has 0 atom stereocenters. The SMILES string of the molecule is [2H]c1ccc(N)cc1OC. The summed E-state index contributed by atoms with van der Waals surface area (Å²) < 4.78 is 12.1. The highest BCUT2D eigenvalue weighted by atomic mass is 16.5. The molecule has 2 N–H and O–H groups in total. The van der Waals surface area contributed by atoms with Crippen LogP contribution in [0.3, 0.4) is 0 Å². The minimum Gasteiger partial charge on any atom is -0.497 e. The predicted octanol–water partition coefficient (Wildman–Crippen LogP) is 1.28. The third-order valence-electron chi connectivity index (χ3n) is 1.02. The van der Waals surface area contributed by atoms with Gasteiger partial charge in [0.1, 0.15) is 5.75 Å². The molecule has 9 heavy (non-hydrogen) atoms. The van der Waals surface area contributed by atoms with Crippen molar-refractivity contribution in [1.82, 2.24) is 0 Å². The molecule has 0 bridgehead atoms. The number of rotatable bonds is 1. The van der Waals surface area contributed by atoms with Crippen molar-refractivity contribution in [2.75, 3.05) is 12.8 Å². The zero-order valence-electron chi connectivity index (χ0n) is 6.22. The van der Waals surface area contributed by atoms with Crippen LogP contribution in [0.2, 0.25) is 0 Å². The molecule has 0 amide bonds. The van der Waals surface area contributed by atoms with Gasteiger partial charge < -0.3 is 10.5 Å². The molecule has 0 saturated carbocycles. The van der Waals surface area contributed by atoms with E-state index in [4.69, 9.17) is 11.8 Å². The molecule has 1 aromatic rings. The zero-order chi connectivity index (χ0) is 7.56. The topological polar surface area (TPSA) is 35.2 Å². The number of benzene rings is 1. The number of ether oxygens (including phenoxy) is 1. The van der Waals surface area contributed by atoms with E-state index < -0.39 is 0 Å². The zero-order valence-corrected chi connectivity index (χ0v) is 5.22. The summed E-state index contributed by atoms with van der Waals surface area (Å²) in [6, 6.07) is 5.26. The molecule has 0 unspecified atom stereocenters. The molecule has 2 nitrogen and oxygen atoms in total. The van der Waals surface area contributed by atoms with Gasteiger partial charge in [0.05, 0.1) is 8.48 Å². The summed E-state index contributed by atoms with van der Waals surface area (Å²) in [6.45, 7) is 0. The van der Waals surface area contributed by atoms with E-state index in [-0.39, 0.29) is 0 Å². The molecule has 1 rings (SSSR count). The number of hydrogen-bond donors (Lipinski definition) is 1. The average Bonchev–Trinajstić information content (AvgIpc) is 1.94. The highest BCUT2D eigenvalue weighted by Gasteiger charge is 1.87. The molecule has 0 heterocycles. The van der Waals surface area contributed by atoms with Gasteiger partial charge in [0.15, 0.2) is 0 Å². The summed E-state index contributed by atoms with van der Waals surface area (Å²) in [5.74, 6) is 0.514. The maximum absolute atomic E-state index is 7.29. The summed E-state index contributed by atoms with van der Waals surface area (Å²) in [5, 5.41) is 0. The first-order valence-electron chi connectivity index (χ1n) is 3.14. The number of methoxy groups -OCH3 is 1. The quantitative estimate of drug-likeness (QED) is 0.572. The largest absolute Gasteiger partial charge is 0.497 e. The second-order valence-corrected chi connectivity index (χ2v) is 1.69. The van der Waals surface area contributed by atoms with Gasteiger partial charge >= 0.3 is 0 Å². The van der Waals surface area contributed by atoms with E-state index in [1.807, 2.05) is 0 Å². The maximum atomic E-state index is 7.29. The normalized spacial score (nSPS) is 10.6. The monoisotopic (exact) mass is 124 g/mol. The van der Waals surface area contributed by atoms with Crippen LogP contribution in [0.5, 0.6) is 5.75 Å². The number of nitrogens with two attached hydrogens (primary N) is 1. The summed E-state index contributed by atoms with van der Waals surface area (Å²) in [7, 11) is 1.52. The Kier molecular flexibility index (Phi) is 1.24. The molecule has 0 radical (unpaired) electrons. The van der Waals surface area contributed by atoms with E-state index in [0.29, 0.717) is 17.5 Å². The van der Waals surface area contributed by atoms with E-state index in [1.54, 1.807) is 18.2 Å². The lowest BCUT2D eigenvalue weighted by Gasteiger charge is -1.97. The minimum absolute atomic E-state index is 0.358. The lowest BCUT2D eigenvalue weighted by Crippen LogP contribution is -1.86. The predicted molar refractivity (Wildman–Crippen MR) is 37.4 cm³/mol. The van der Waals surface area contributed by atoms with E-state index >= 15 is 0 Å². The summed E-state index contributed by atoms with van der Waals surface area (Å²) in [6.07, 6.45) is 0. The molecule has 1 aromatic carbocycles. The maximum Gasteiger partial charge on any atom is 0.120 e. The van der Waals surface area contributed by atoms with Crippen LogP contribution in [0.4, 0.5) is 5.69 Å². The van der Waals surface area contributed by atoms with Crippen molar-refractivity contribution in [2.24, 2.45) is 0 Å². The van der Waals surface area contributed by atoms with Crippen LogP contribution in [-0.2, 0) is 0 Å². The van der Waals surface area contributed by atoms with Gasteiger partial charge in [-0.15, -0.1) is 0 Å². The Morgan fingerprint density at radius 3 is 3.11 bits per heavy atom. The molecule has 0 aliphatic rings. The second-order valence-electron chi connectivity index (χ2n) is 1.69. The summed E-state index contributed by atoms with van der Waals surface area (Å²) in [4.78, 5) is 0. The van der Waals surface area contributed by atoms with Gasteiger partial charge in [-0.2, -0.15) is 0 Å². The van der Waals surface area contributed by atoms with E-state index in [1.165, 1.54) is 7.11 Å². The highest BCUT2D eigenvalue weighted by molar-refractivity contribution is 5.43. The highest BCUT2D eigenvalue weighted by Crippen LogP contribution is 2.12. The Labute approximate surface area is 55.7 Å². The van der Waals surface area contributed by atoms with Crippen molar-refractivity contribution in [3.8, 4) is 5.75 Å². The van der Waals surface area contributed by atoms with E-state index in [9.17, 15) is 0 Å². The van der Waals surface area contributed by atoms with Gasteiger partial charge in [0.25, 0.3) is 0 Å². The molecule has 0 aromatic heterocycles. The first kappa shape index (κ1) is 4.68. The Morgan fingerprint density at radius 1 is 1.78 bits per heavy atom. The van der Waals surface area contributed by atoms with Crippen LogP contribution in [0.15, 0.2) is 24.2 Å². The smallest absolute Gasteiger partial charge is 0.120 e. The number of hydrogen-bond acceptors (Lipinski definition) is 2. The van der Waals surface area contributed by atoms with Gasteiger partial charge in [0, 0.05) is 11.8 Å². The van der Waals surface area contributed by atoms with Gasteiger partial charge in [-0.3, -0.25) is 0 Å². The fourth-order valence-corrected chi connectivity index (χ4v) is 0.579. The van der Waals surface area contributed by atoms with E-state index in [0.717, 1.165) is 0 Å². The molecule has 0 aliphatic carbocycles. The average molecular weight is 124 g/mol. The Bertz CT molecular complexity index is 237. The molecule has 0 aliphatic heterocycles. The third kappa shape index (κ3) is 1.35. The first-order valence-corrected chi connectivity index (χ1v) is 2.64. The molecule has 0 fully saturated rings. The number of anilines is 1. The second kappa shape index (κ2) is 2.40. The van der Waals surface area contributed by atoms with E-state index in [2.05, 4.69) is 0 Å². The Hall–Kier alpha value is -1.18. The first-order chi connectivity index (χ1) is 4.74. The molecule has 0 spiro atoms. The van der Waals surface area contributed by atoms with Crippen molar-refractivity contribution >= 4 is 5.69 Å². The molecular formula is C7H9NO. The Balaban J connectivity index is 3.09. The summed E-state index contributed by atoms with van der Waals surface area (Å²) in [5.41, 5.74) is 6.06. The standard InChI is InChI=1S/C7H9NO/c1-9-7-4-2-3-6(8)5-7/h2-5H,8H2,1H3/i4D. The fourth-order valence-electron chi connectivity index (χ4n) is 0.579. The van der Waals surface area contributed by atoms with Crippen LogP contribution in [-0.4, -0.2) is 7.11 Å². The van der Waals surface area contributed by atoms with Gasteiger partial charge in [-0.25, -0.2) is 0 Å². The van der Waals surface area contributed by atoms with Crippen molar-refractivity contribution in [1.29, 1.82) is 0 Å². The number of nitrogen functional groups attached to an aromatic ring is 1.